The minimum atomic E-state index is -0.221. The van der Waals surface area contributed by atoms with Gasteiger partial charge in [0.25, 0.3) is 5.91 Å². The predicted octanol–water partition coefficient (Wildman–Crippen LogP) is 2.13. The Balaban J connectivity index is 2.14. The lowest BCUT2D eigenvalue weighted by molar-refractivity contribution is 0.102. The van der Waals surface area contributed by atoms with Crippen molar-refractivity contribution in [1.29, 1.82) is 0 Å². The molecule has 0 saturated carbocycles. The van der Waals surface area contributed by atoms with Crippen molar-refractivity contribution in [1.82, 2.24) is 15.2 Å². The molecule has 82 valence electrons. The number of hydrogen-bond acceptors (Lipinski definition) is 3. The lowest BCUT2D eigenvalue weighted by Gasteiger charge is -2.02. The Labute approximate surface area is 100 Å². The van der Waals surface area contributed by atoms with E-state index < -0.39 is 0 Å². The number of carbonyl (C=O) groups is 1. The van der Waals surface area contributed by atoms with Crippen molar-refractivity contribution in [3.8, 4) is 0 Å². The van der Waals surface area contributed by atoms with E-state index >= 15 is 0 Å². The summed E-state index contributed by atoms with van der Waals surface area (Å²) in [5.74, 6) is 0.287. The fourth-order valence-electron chi connectivity index (χ4n) is 1.21. The van der Waals surface area contributed by atoms with E-state index in [2.05, 4.69) is 36.4 Å². The lowest BCUT2D eigenvalue weighted by Crippen LogP contribution is -2.13. The number of aromatic nitrogens is 3. The Bertz CT molecular complexity index is 506. The van der Waals surface area contributed by atoms with E-state index in [-0.39, 0.29) is 5.91 Å². The zero-order valence-corrected chi connectivity index (χ0v) is 10.1. The molecule has 6 heteroatoms. The van der Waals surface area contributed by atoms with E-state index in [9.17, 15) is 4.79 Å². The molecule has 2 rings (SSSR count). The number of nitrogens with one attached hydrogen (secondary N) is 2. The number of H-pyrrole nitrogens is 1. The molecule has 2 aromatic rings. The second-order valence-corrected chi connectivity index (χ2v) is 4.14. The fraction of sp³-hybridized carbons (Fsp3) is 0.100. The van der Waals surface area contributed by atoms with E-state index in [1.54, 1.807) is 19.2 Å². The molecule has 0 fully saturated rings. The molecule has 0 radical (unpaired) electrons. The summed E-state index contributed by atoms with van der Waals surface area (Å²) in [6.45, 7) is 1.79. The van der Waals surface area contributed by atoms with Gasteiger partial charge in [-0.2, -0.15) is 5.10 Å². The Morgan fingerprint density at radius 1 is 1.44 bits per heavy atom. The van der Waals surface area contributed by atoms with Gasteiger partial charge in [0.15, 0.2) is 0 Å². The first kappa shape index (κ1) is 10.8. The molecule has 1 amide bonds. The number of anilines is 1. The van der Waals surface area contributed by atoms with Crippen molar-refractivity contribution in [3.63, 3.8) is 0 Å². The molecular weight excluding hydrogens is 272 g/mol. The fourth-order valence-corrected chi connectivity index (χ4v) is 1.45. The molecule has 2 heterocycles. The Hall–Kier alpha value is -1.69. The predicted molar refractivity (Wildman–Crippen MR) is 63.2 cm³/mol. The van der Waals surface area contributed by atoms with Crippen LogP contribution in [0, 0.1) is 6.92 Å². The van der Waals surface area contributed by atoms with Crippen LogP contribution in [0.4, 0.5) is 5.82 Å². The number of aromatic amines is 1. The van der Waals surface area contributed by atoms with Gasteiger partial charge in [-0.3, -0.25) is 9.89 Å². The molecule has 0 unspecified atom stereocenters. The number of pyridine rings is 1. The van der Waals surface area contributed by atoms with Crippen LogP contribution in [0.25, 0.3) is 0 Å². The van der Waals surface area contributed by atoms with Crippen LogP contribution in [0.2, 0.25) is 0 Å². The van der Waals surface area contributed by atoms with Gasteiger partial charge in [0, 0.05) is 16.4 Å². The lowest BCUT2D eigenvalue weighted by atomic mass is 10.2. The zero-order valence-electron chi connectivity index (χ0n) is 8.49. The largest absolute Gasteiger partial charge is 0.306 e. The minimum absolute atomic E-state index is 0.221. The van der Waals surface area contributed by atoms with Crippen LogP contribution in [-0.2, 0) is 0 Å². The summed E-state index contributed by atoms with van der Waals surface area (Å²) in [7, 11) is 0. The summed E-state index contributed by atoms with van der Waals surface area (Å²) < 4.78 is 0.866. The van der Waals surface area contributed by atoms with Crippen LogP contribution in [0.1, 0.15) is 16.1 Å². The van der Waals surface area contributed by atoms with E-state index in [0.717, 1.165) is 10.2 Å². The average Bonchev–Trinajstić information content (AvgIpc) is 2.68. The molecule has 0 aliphatic heterocycles. The van der Waals surface area contributed by atoms with Gasteiger partial charge in [-0.25, -0.2) is 4.98 Å². The van der Waals surface area contributed by atoms with Crippen LogP contribution < -0.4 is 5.32 Å². The number of carbonyl (C=O) groups excluding carboxylic acids is 1. The molecule has 0 aliphatic rings. The molecule has 0 bridgehead atoms. The van der Waals surface area contributed by atoms with Crippen molar-refractivity contribution in [2.75, 3.05) is 5.32 Å². The van der Waals surface area contributed by atoms with Gasteiger partial charge >= 0.3 is 0 Å². The highest BCUT2D eigenvalue weighted by Crippen LogP contribution is 2.12. The zero-order chi connectivity index (χ0) is 11.5. The summed E-state index contributed by atoms with van der Waals surface area (Å²) in [6, 6.07) is 3.53. The van der Waals surface area contributed by atoms with E-state index in [1.807, 2.05) is 6.07 Å². The van der Waals surface area contributed by atoms with Gasteiger partial charge in [0.05, 0.1) is 11.8 Å². The number of aryl methyl sites for hydroxylation is 1. The maximum absolute atomic E-state index is 11.8. The Morgan fingerprint density at radius 2 is 2.25 bits per heavy atom. The third-order valence-corrected chi connectivity index (χ3v) is 2.51. The van der Waals surface area contributed by atoms with Crippen LogP contribution in [0.3, 0.4) is 0 Å². The highest BCUT2D eigenvalue weighted by atomic mass is 79.9. The first-order chi connectivity index (χ1) is 7.66. The quantitative estimate of drug-likeness (QED) is 0.885. The third kappa shape index (κ3) is 2.27. The molecule has 0 aliphatic carbocycles. The van der Waals surface area contributed by atoms with Gasteiger partial charge in [0.2, 0.25) is 0 Å². The first-order valence-corrected chi connectivity index (χ1v) is 5.39. The normalized spacial score (nSPS) is 10.1. The van der Waals surface area contributed by atoms with Crippen LogP contribution in [0.15, 0.2) is 29.0 Å². The maximum Gasteiger partial charge on any atom is 0.260 e. The summed E-state index contributed by atoms with van der Waals surface area (Å²) in [6.07, 6.45) is 3.11. The molecule has 0 spiro atoms. The van der Waals surface area contributed by atoms with Gasteiger partial charge in [-0.05, 0) is 35.0 Å². The molecule has 0 saturated heterocycles. The van der Waals surface area contributed by atoms with Crippen LogP contribution >= 0.6 is 15.9 Å². The standard InChI is InChI=1S/C10H9BrN4O/c1-6-8(5-13-15-6)10(16)14-9-3-2-7(11)4-12-9/h2-5H,1H3,(H,13,15)(H,12,14,16). The molecule has 0 aromatic carbocycles. The second kappa shape index (κ2) is 4.44. The van der Waals surface area contributed by atoms with E-state index in [4.69, 9.17) is 0 Å². The number of rotatable bonds is 2. The molecule has 2 aromatic heterocycles. The molecule has 16 heavy (non-hydrogen) atoms. The van der Waals surface area contributed by atoms with Crippen molar-refractivity contribution in [3.05, 3.63) is 40.3 Å². The Kier molecular flexibility index (Phi) is 3.00. The van der Waals surface area contributed by atoms with Gasteiger partial charge in [-0.15, -0.1) is 0 Å². The smallest absolute Gasteiger partial charge is 0.260 e. The summed E-state index contributed by atoms with van der Waals surface area (Å²) in [4.78, 5) is 15.8. The highest BCUT2D eigenvalue weighted by molar-refractivity contribution is 9.10. The number of hydrogen-bond donors (Lipinski definition) is 2. The maximum atomic E-state index is 11.8. The summed E-state index contributed by atoms with van der Waals surface area (Å²) >= 11 is 3.27. The van der Waals surface area contributed by atoms with E-state index in [1.165, 1.54) is 6.20 Å². The number of nitrogens with zero attached hydrogens (tertiary/aromatic N) is 2. The van der Waals surface area contributed by atoms with Crippen LogP contribution in [-0.4, -0.2) is 21.1 Å². The molecule has 5 nitrogen and oxygen atoms in total. The minimum Gasteiger partial charge on any atom is -0.306 e. The van der Waals surface area contributed by atoms with Crippen molar-refractivity contribution < 1.29 is 4.79 Å². The summed E-state index contributed by atoms with van der Waals surface area (Å²) in [5, 5.41) is 9.17. The average molecular weight is 281 g/mol. The highest BCUT2D eigenvalue weighted by Gasteiger charge is 2.10. The summed E-state index contributed by atoms with van der Waals surface area (Å²) in [5.41, 5.74) is 1.25. The second-order valence-electron chi connectivity index (χ2n) is 3.22. The molecule has 0 atom stereocenters. The van der Waals surface area contributed by atoms with Gasteiger partial charge in [-0.1, -0.05) is 0 Å². The van der Waals surface area contributed by atoms with E-state index in [0.29, 0.717) is 11.4 Å². The van der Waals surface area contributed by atoms with Gasteiger partial charge in [0.1, 0.15) is 5.82 Å². The van der Waals surface area contributed by atoms with Crippen molar-refractivity contribution in [2.24, 2.45) is 0 Å². The monoisotopic (exact) mass is 280 g/mol. The van der Waals surface area contributed by atoms with Crippen molar-refractivity contribution in [2.45, 2.75) is 6.92 Å². The van der Waals surface area contributed by atoms with Crippen LogP contribution in [0.5, 0.6) is 0 Å². The molecular formula is C10H9BrN4O. The first-order valence-electron chi connectivity index (χ1n) is 4.59. The topological polar surface area (TPSA) is 70.7 Å². The number of halogens is 1. The van der Waals surface area contributed by atoms with Gasteiger partial charge < -0.3 is 5.32 Å². The molecule has 2 N–H and O–H groups in total. The third-order valence-electron chi connectivity index (χ3n) is 2.04. The van der Waals surface area contributed by atoms with Crippen molar-refractivity contribution >= 4 is 27.7 Å². The Morgan fingerprint density at radius 3 is 2.81 bits per heavy atom. The SMILES string of the molecule is Cc1[nH]ncc1C(=O)Nc1ccc(Br)cn1. The number of amides is 1.